The number of hydrogen-bond donors (Lipinski definition) is 1. The molecule has 1 saturated heterocycles. The van der Waals surface area contributed by atoms with E-state index < -0.39 is 0 Å². The van der Waals surface area contributed by atoms with Gasteiger partial charge in [-0.05, 0) is 63.2 Å². The maximum atomic E-state index is 13.7. The lowest BCUT2D eigenvalue weighted by molar-refractivity contribution is 0.186. The van der Waals surface area contributed by atoms with Gasteiger partial charge in [0.15, 0.2) is 0 Å². The van der Waals surface area contributed by atoms with Crippen LogP contribution in [0.1, 0.15) is 50.5 Å². The fraction of sp³-hybridized carbons (Fsp3) is 0.667. The van der Waals surface area contributed by atoms with E-state index in [1.54, 1.807) is 12.1 Å². The van der Waals surface area contributed by atoms with Gasteiger partial charge >= 0.3 is 0 Å². The van der Waals surface area contributed by atoms with Crippen molar-refractivity contribution in [3.05, 3.63) is 35.6 Å². The van der Waals surface area contributed by atoms with Crippen LogP contribution >= 0.6 is 0 Å². The third-order valence-corrected chi connectivity index (χ3v) is 4.98. The van der Waals surface area contributed by atoms with Gasteiger partial charge in [0.25, 0.3) is 0 Å². The minimum absolute atomic E-state index is 0.0395. The van der Waals surface area contributed by atoms with E-state index >= 15 is 0 Å². The van der Waals surface area contributed by atoms with Gasteiger partial charge in [0.05, 0.1) is 0 Å². The number of rotatable bonds is 5. The van der Waals surface area contributed by atoms with Crippen molar-refractivity contribution in [3.63, 3.8) is 0 Å². The van der Waals surface area contributed by atoms with Gasteiger partial charge in [-0.3, -0.25) is 0 Å². The van der Waals surface area contributed by atoms with E-state index in [4.69, 9.17) is 0 Å². The van der Waals surface area contributed by atoms with E-state index in [9.17, 15) is 4.39 Å². The third-order valence-electron chi connectivity index (χ3n) is 4.98. The van der Waals surface area contributed by atoms with Crippen LogP contribution in [0.2, 0.25) is 0 Å². The van der Waals surface area contributed by atoms with Crippen molar-refractivity contribution in [1.82, 2.24) is 10.2 Å². The highest BCUT2D eigenvalue weighted by molar-refractivity contribution is 5.24. The largest absolute Gasteiger partial charge is 0.310 e. The number of nitrogens with zero attached hydrogens (tertiary/aromatic N) is 1. The molecule has 1 saturated carbocycles. The molecule has 2 nitrogen and oxygen atoms in total. The first-order valence-electron chi connectivity index (χ1n) is 8.45. The highest BCUT2D eigenvalue weighted by Crippen LogP contribution is 2.38. The number of benzene rings is 1. The zero-order chi connectivity index (χ0) is 14.7. The van der Waals surface area contributed by atoms with Crippen molar-refractivity contribution in [2.45, 2.75) is 57.0 Å². The SMILES string of the molecule is CC(CN1CCCCC1)NC1CC(c2ccccc2F)C1. The first-order chi connectivity index (χ1) is 10.2. The zero-order valence-electron chi connectivity index (χ0n) is 13.0. The summed E-state index contributed by atoms with van der Waals surface area (Å²) in [5, 5.41) is 3.72. The summed E-state index contributed by atoms with van der Waals surface area (Å²) in [4.78, 5) is 2.58. The average Bonchev–Trinajstić information content (AvgIpc) is 2.45. The topological polar surface area (TPSA) is 15.3 Å². The van der Waals surface area contributed by atoms with Crippen LogP contribution in [0.4, 0.5) is 4.39 Å². The Balaban J connectivity index is 1.41. The summed E-state index contributed by atoms with van der Waals surface area (Å²) in [6.45, 7) is 5.95. The first kappa shape index (κ1) is 15.0. The quantitative estimate of drug-likeness (QED) is 0.892. The second-order valence-corrected chi connectivity index (χ2v) is 6.82. The fourth-order valence-electron chi connectivity index (χ4n) is 3.80. The van der Waals surface area contributed by atoms with E-state index in [0.29, 0.717) is 18.0 Å². The molecule has 0 spiro atoms. The molecule has 1 aromatic carbocycles. The molecule has 1 aliphatic heterocycles. The molecule has 0 radical (unpaired) electrons. The molecule has 1 aliphatic carbocycles. The Hall–Kier alpha value is -0.930. The second-order valence-electron chi connectivity index (χ2n) is 6.82. The smallest absolute Gasteiger partial charge is 0.126 e. The Morgan fingerprint density at radius 1 is 1.19 bits per heavy atom. The summed E-state index contributed by atoms with van der Waals surface area (Å²) in [6.07, 6.45) is 6.25. The predicted molar refractivity (Wildman–Crippen MR) is 85.1 cm³/mol. The van der Waals surface area contributed by atoms with Gasteiger partial charge in [0.1, 0.15) is 5.82 Å². The summed E-state index contributed by atoms with van der Waals surface area (Å²) < 4.78 is 13.7. The Labute approximate surface area is 127 Å². The van der Waals surface area contributed by atoms with Gasteiger partial charge in [-0.25, -0.2) is 4.39 Å². The Morgan fingerprint density at radius 2 is 1.90 bits per heavy atom. The van der Waals surface area contributed by atoms with Gasteiger partial charge < -0.3 is 10.2 Å². The first-order valence-corrected chi connectivity index (χ1v) is 8.45. The van der Waals surface area contributed by atoms with E-state index in [-0.39, 0.29) is 5.82 Å². The predicted octanol–water partition coefficient (Wildman–Crippen LogP) is 3.54. The van der Waals surface area contributed by atoms with E-state index in [1.807, 2.05) is 12.1 Å². The summed E-state index contributed by atoms with van der Waals surface area (Å²) in [5.41, 5.74) is 0.902. The number of piperidine rings is 1. The van der Waals surface area contributed by atoms with E-state index in [2.05, 4.69) is 17.1 Å². The lowest BCUT2D eigenvalue weighted by Gasteiger charge is -2.39. The van der Waals surface area contributed by atoms with Gasteiger partial charge in [0.2, 0.25) is 0 Å². The van der Waals surface area contributed by atoms with Crippen molar-refractivity contribution >= 4 is 0 Å². The minimum atomic E-state index is -0.0395. The number of hydrogen-bond acceptors (Lipinski definition) is 2. The van der Waals surface area contributed by atoms with Crippen LogP contribution in [0.25, 0.3) is 0 Å². The molecule has 2 fully saturated rings. The molecule has 1 unspecified atom stereocenters. The third kappa shape index (κ3) is 3.83. The molecular formula is C18H27FN2. The number of nitrogens with one attached hydrogen (secondary N) is 1. The summed E-state index contributed by atoms with van der Waals surface area (Å²) in [7, 11) is 0. The highest BCUT2D eigenvalue weighted by atomic mass is 19.1. The number of halogens is 1. The summed E-state index contributed by atoms with van der Waals surface area (Å²) in [5.74, 6) is 0.369. The molecule has 116 valence electrons. The van der Waals surface area contributed by atoms with Crippen LogP contribution in [0.15, 0.2) is 24.3 Å². The molecule has 3 heteroatoms. The van der Waals surface area contributed by atoms with Crippen LogP contribution in [0.3, 0.4) is 0 Å². The molecule has 21 heavy (non-hydrogen) atoms. The fourth-order valence-corrected chi connectivity index (χ4v) is 3.80. The zero-order valence-corrected chi connectivity index (χ0v) is 13.0. The lowest BCUT2D eigenvalue weighted by atomic mass is 9.75. The van der Waals surface area contributed by atoms with Crippen molar-refractivity contribution in [2.75, 3.05) is 19.6 Å². The number of likely N-dealkylation sites (tertiary alicyclic amines) is 1. The molecule has 1 N–H and O–H groups in total. The van der Waals surface area contributed by atoms with E-state index in [1.165, 1.54) is 32.4 Å². The summed E-state index contributed by atoms with van der Waals surface area (Å²) in [6, 6.07) is 8.33. The Bertz CT molecular complexity index is 450. The second kappa shape index (κ2) is 6.89. The standard InChI is InChI=1S/C18H27FN2/c1-14(13-21-9-5-2-6-10-21)20-16-11-15(12-16)17-7-3-4-8-18(17)19/h3-4,7-8,14-16,20H,2,5-6,9-13H2,1H3. The molecule has 2 aliphatic rings. The molecular weight excluding hydrogens is 263 g/mol. The van der Waals surface area contributed by atoms with Crippen molar-refractivity contribution in [1.29, 1.82) is 0 Å². The minimum Gasteiger partial charge on any atom is -0.310 e. The maximum Gasteiger partial charge on any atom is 0.126 e. The molecule has 0 bridgehead atoms. The van der Waals surface area contributed by atoms with Crippen LogP contribution in [0, 0.1) is 5.82 Å². The van der Waals surface area contributed by atoms with Crippen molar-refractivity contribution in [3.8, 4) is 0 Å². The highest BCUT2D eigenvalue weighted by Gasteiger charge is 2.32. The molecule has 1 heterocycles. The Morgan fingerprint density at radius 3 is 2.62 bits per heavy atom. The Kier molecular flexibility index (Phi) is 4.91. The van der Waals surface area contributed by atoms with Gasteiger partial charge in [0, 0.05) is 18.6 Å². The monoisotopic (exact) mass is 290 g/mol. The van der Waals surface area contributed by atoms with Crippen molar-refractivity contribution in [2.24, 2.45) is 0 Å². The molecule has 0 aromatic heterocycles. The van der Waals surface area contributed by atoms with Gasteiger partial charge in [-0.2, -0.15) is 0 Å². The van der Waals surface area contributed by atoms with Crippen molar-refractivity contribution < 1.29 is 4.39 Å². The van der Waals surface area contributed by atoms with Crippen LogP contribution in [-0.2, 0) is 0 Å². The average molecular weight is 290 g/mol. The van der Waals surface area contributed by atoms with Gasteiger partial charge in [-0.15, -0.1) is 0 Å². The lowest BCUT2D eigenvalue weighted by Crippen LogP contribution is -2.49. The maximum absolute atomic E-state index is 13.7. The van der Waals surface area contributed by atoms with Crippen LogP contribution in [0.5, 0.6) is 0 Å². The molecule has 0 amide bonds. The summed E-state index contributed by atoms with van der Waals surface area (Å²) >= 11 is 0. The molecule has 3 rings (SSSR count). The normalized spacial score (nSPS) is 28.1. The molecule has 1 atom stereocenters. The van der Waals surface area contributed by atoms with Gasteiger partial charge in [-0.1, -0.05) is 24.6 Å². The van der Waals surface area contributed by atoms with Crippen LogP contribution < -0.4 is 5.32 Å². The molecule has 1 aromatic rings. The van der Waals surface area contributed by atoms with E-state index in [0.717, 1.165) is 24.9 Å². The van der Waals surface area contributed by atoms with Crippen LogP contribution in [-0.4, -0.2) is 36.6 Å².